The van der Waals surface area contributed by atoms with Crippen molar-refractivity contribution in [3.8, 4) is 0 Å². The minimum absolute atomic E-state index is 0.218. The van der Waals surface area contributed by atoms with Crippen molar-refractivity contribution in [2.75, 3.05) is 65.7 Å². The summed E-state index contributed by atoms with van der Waals surface area (Å²) in [4.78, 5) is 42.3. The van der Waals surface area contributed by atoms with E-state index in [0.29, 0.717) is 72.2 Å². The molecule has 2 aliphatic heterocycles. The van der Waals surface area contributed by atoms with Gasteiger partial charge in [0.05, 0.1) is 26.0 Å². The SMILES string of the molecule is CCOC(Cn1cc(C(=O)N2CCN(C(=O)C(=O)N3CCOCC3)CC2)nn1)OCC. The van der Waals surface area contributed by atoms with Crippen molar-refractivity contribution in [2.45, 2.75) is 26.7 Å². The summed E-state index contributed by atoms with van der Waals surface area (Å²) < 4.78 is 17.7. The van der Waals surface area contributed by atoms with Gasteiger partial charge >= 0.3 is 11.8 Å². The molecule has 0 bridgehead atoms. The Kier molecular flexibility index (Phi) is 8.32. The molecule has 172 valence electrons. The van der Waals surface area contributed by atoms with Gasteiger partial charge in [-0.2, -0.15) is 0 Å². The van der Waals surface area contributed by atoms with E-state index in [1.807, 2.05) is 13.8 Å². The summed E-state index contributed by atoms with van der Waals surface area (Å²) in [6.07, 6.45) is 1.10. The topological polar surface area (TPSA) is 119 Å². The lowest BCUT2D eigenvalue weighted by Gasteiger charge is -2.35. The molecule has 2 aliphatic rings. The molecule has 0 saturated carbocycles. The van der Waals surface area contributed by atoms with Crippen molar-refractivity contribution in [2.24, 2.45) is 0 Å². The summed E-state index contributed by atoms with van der Waals surface area (Å²) in [6.45, 7) is 8.06. The van der Waals surface area contributed by atoms with Crippen LogP contribution in [0.15, 0.2) is 6.20 Å². The largest absolute Gasteiger partial charge is 0.378 e. The van der Waals surface area contributed by atoms with Crippen LogP contribution in [0.5, 0.6) is 0 Å². The number of amides is 3. The molecule has 3 rings (SSSR count). The average Bonchev–Trinajstić information content (AvgIpc) is 3.27. The molecule has 2 saturated heterocycles. The molecule has 0 atom stereocenters. The minimum Gasteiger partial charge on any atom is -0.378 e. The molecule has 0 radical (unpaired) electrons. The zero-order valence-corrected chi connectivity index (χ0v) is 18.1. The Bertz CT molecular complexity index is 751. The van der Waals surface area contributed by atoms with Crippen molar-refractivity contribution in [1.82, 2.24) is 29.7 Å². The number of carbonyl (C=O) groups is 3. The van der Waals surface area contributed by atoms with Gasteiger partial charge in [0.15, 0.2) is 12.0 Å². The fourth-order valence-corrected chi connectivity index (χ4v) is 3.48. The molecule has 0 spiro atoms. The molecule has 2 fully saturated rings. The number of aromatic nitrogens is 3. The summed E-state index contributed by atoms with van der Waals surface area (Å²) in [7, 11) is 0. The maximum Gasteiger partial charge on any atom is 0.312 e. The third kappa shape index (κ3) is 5.99. The first-order valence-corrected chi connectivity index (χ1v) is 10.6. The molecule has 0 N–H and O–H groups in total. The Hall–Kier alpha value is -2.57. The maximum absolute atomic E-state index is 12.8. The number of hydrogen-bond donors (Lipinski definition) is 0. The van der Waals surface area contributed by atoms with Crippen LogP contribution in [-0.2, 0) is 30.3 Å². The van der Waals surface area contributed by atoms with Crippen molar-refractivity contribution in [3.05, 3.63) is 11.9 Å². The molecule has 0 aromatic carbocycles. The van der Waals surface area contributed by atoms with Crippen LogP contribution in [0.1, 0.15) is 24.3 Å². The quantitative estimate of drug-likeness (QED) is 0.386. The lowest BCUT2D eigenvalue weighted by Crippen LogP contribution is -2.55. The van der Waals surface area contributed by atoms with Crippen LogP contribution in [0.2, 0.25) is 0 Å². The van der Waals surface area contributed by atoms with Crippen molar-refractivity contribution < 1.29 is 28.6 Å². The number of piperazine rings is 1. The molecule has 3 amide bonds. The van der Waals surface area contributed by atoms with Gasteiger partial charge in [-0.3, -0.25) is 14.4 Å². The van der Waals surface area contributed by atoms with E-state index in [1.54, 1.807) is 11.1 Å². The van der Waals surface area contributed by atoms with Crippen LogP contribution < -0.4 is 0 Å². The lowest BCUT2D eigenvalue weighted by atomic mass is 10.2. The number of rotatable bonds is 7. The highest BCUT2D eigenvalue weighted by molar-refractivity contribution is 6.34. The fourth-order valence-electron chi connectivity index (χ4n) is 3.48. The van der Waals surface area contributed by atoms with E-state index in [9.17, 15) is 14.4 Å². The van der Waals surface area contributed by atoms with Gasteiger partial charge in [0.1, 0.15) is 0 Å². The molecule has 0 unspecified atom stereocenters. The van der Waals surface area contributed by atoms with Gasteiger partial charge in [-0.25, -0.2) is 4.68 Å². The first-order valence-electron chi connectivity index (χ1n) is 10.6. The average molecular weight is 438 g/mol. The molecule has 31 heavy (non-hydrogen) atoms. The van der Waals surface area contributed by atoms with E-state index < -0.39 is 18.1 Å². The van der Waals surface area contributed by atoms with Gasteiger partial charge in [-0.05, 0) is 13.8 Å². The number of hydrogen-bond acceptors (Lipinski definition) is 8. The van der Waals surface area contributed by atoms with Gasteiger partial charge in [-0.1, -0.05) is 5.21 Å². The Balaban J connectivity index is 1.50. The molecule has 1 aromatic rings. The third-order valence-corrected chi connectivity index (χ3v) is 5.13. The van der Waals surface area contributed by atoms with Gasteiger partial charge in [0, 0.05) is 52.5 Å². The minimum atomic E-state index is -0.530. The van der Waals surface area contributed by atoms with E-state index in [4.69, 9.17) is 14.2 Å². The van der Waals surface area contributed by atoms with Crippen molar-refractivity contribution >= 4 is 17.7 Å². The Morgan fingerprint density at radius 3 is 2.06 bits per heavy atom. The van der Waals surface area contributed by atoms with Gasteiger partial charge in [0.2, 0.25) is 0 Å². The van der Waals surface area contributed by atoms with Crippen LogP contribution in [0.25, 0.3) is 0 Å². The number of nitrogens with zero attached hydrogens (tertiary/aromatic N) is 6. The Morgan fingerprint density at radius 1 is 0.935 bits per heavy atom. The molecule has 1 aromatic heterocycles. The van der Waals surface area contributed by atoms with Gasteiger partial charge in [0.25, 0.3) is 5.91 Å². The van der Waals surface area contributed by atoms with E-state index >= 15 is 0 Å². The molecular formula is C19H30N6O6. The molecule has 0 aliphatic carbocycles. The number of carbonyl (C=O) groups excluding carboxylic acids is 3. The van der Waals surface area contributed by atoms with E-state index in [0.717, 1.165) is 0 Å². The van der Waals surface area contributed by atoms with Crippen LogP contribution in [-0.4, -0.2) is 119 Å². The van der Waals surface area contributed by atoms with Crippen molar-refractivity contribution in [1.29, 1.82) is 0 Å². The van der Waals surface area contributed by atoms with E-state index in [2.05, 4.69) is 10.3 Å². The lowest BCUT2D eigenvalue weighted by molar-refractivity contribution is -0.154. The number of morpholine rings is 1. The van der Waals surface area contributed by atoms with Crippen LogP contribution in [0.3, 0.4) is 0 Å². The standard InChI is InChI=1S/C19H30N6O6/c1-3-30-16(31-4-2)14-25-13-15(20-21-25)17(26)22-5-7-23(8-6-22)18(27)19(28)24-9-11-29-12-10-24/h13,16H,3-12,14H2,1-2H3. The molecule has 12 nitrogen and oxygen atoms in total. The van der Waals surface area contributed by atoms with E-state index in [-0.39, 0.29) is 11.6 Å². The highest BCUT2D eigenvalue weighted by Crippen LogP contribution is 2.10. The van der Waals surface area contributed by atoms with Crippen LogP contribution in [0.4, 0.5) is 0 Å². The first kappa shape index (κ1) is 23.1. The molecular weight excluding hydrogens is 408 g/mol. The zero-order valence-electron chi connectivity index (χ0n) is 18.1. The molecule has 12 heteroatoms. The second-order valence-corrected chi connectivity index (χ2v) is 7.16. The predicted octanol–water partition coefficient (Wildman–Crippen LogP) is -1.18. The summed E-state index contributed by atoms with van der Waals surface area (Å²) >= 11 is 0. The summed E-state index contributed by atoms with van der Waals surface area (Å²) in [6, 6.07) is 0. The Labute approximate surface area is 181 Å². The second kappa shape index (κ2) is 11.2. The highest BCUT2D eigenvalue weighted by atomic mass is 16.7. The third-order valence-electron chi connectivity index (χ3n) is 5.13. The normalized spacial score (nSPS) is 17.3. The summed E-state index contributed by atoms with van der Waals surface area (Å²) in [5.74, 6) is -1.30. The van der Waals surface area contributed by atoms with Crippen LogP contribution in [0, 0.1) is 0 Å². The Morgan fingerprint density at radius 2 is 1.48 bits per heavy atom. The first-order chi connectivity index (χ1) is 15.0. The van der Waals surface area contributed by atoms with Crippen molar-refractivity contribution in [3.63, 3.8) is 0 Å². The molecule has 3 heterocycles. The smallest absolute Gasteiger partial charge is 0.312 e. The van der Waals surface area contributed by atoms with E-state index in [1.165, 1.54) is 14.5 Å². The van der Waals surface area contributed by atoms with Gasteiger partial charge in [-0.15, -0.1) is 5.10 Å². The van der Waals surface area contributed by atoms with Crippen LogP contribution >= 0.6 is 0 Å². The summed E-state index contributed by atoms with van der Waals surface area (Å²) in [5, 5.41) is 7.95. The maximum atomic E-state index is 12.8. The number of ether oxygens (including phenoxy) is 3. The fraction of sp³-hybridized carbons (Fsp3) is 0.737. The predicted molar refractivity (Wildman–Crippen MR) is 107 cm³/mol. The second-order valence-electron chi connectivity index (χ2n) is 7.16. The summed E-state index contributed by atoms with van der Waals surface area (Å²) in [5.41, 5.74) is 0.218. The van der Waals surface area contributed by atoms with Gasteiger partial charge < -0.3 is 28.9 Å². The highest BCUT2D eigenvalue weighted by Gasteiger charge is 2.32. The monoisotopic (exact) mass is 438 g/mol. The zero-order chi connectivity index (χ0) is 22.2.